The molecule has 1 aliphatic heterocycles. The van der Waals surface area contributed by atoms with E-state index in [-0.39, 0.29) is 6.10 Å². The van der Waals surface area contributed by atoms with E-state index in [1.807, 2.05) is 42.3 Å². The maximum atomic E-state index is 5.91. The van der Waals surface area contributed by atoms with Crippen molar-refractivity contribution in [3.63, 3.8) is 0 Å². The molecular formula is C18H21N3O2. The molecule has 1 aromatic carbocycles. The molecule has 23 heavy (non-hydrogen) atoms. The number of imidazole rings is 1. The second-order valence-electron chi connectivity index (χ2n) is 6.14. The minimum Gasteiger partial charge on any atom is -0.460 e. The third kappa shape index (κ3) is 3.02. The zero-order chi connectivity index (χ0) is 15.6. The van der Waals surface area contributed by atoms with E-state index in [9.17, 15) is 0 Å². The highest BCUT2D eigenvalue weighted by Gasteiger charge is 2.25. The van der Waals surface area contributed by atoms with Gasteiger partial charge in [0.2, 0.25) is 0 Å². The average molecular weight is 311 g/mol. The third-order valence-corrected chi connectivity index (χ3v) is 4.51. The fraction of sp³-hybridized carbons (Fsp3) is 0.389. The summed E-state index contributed by atoms with van der Waals surface area (Å²) >= 11 is 0. The molecule has 0 aliphatic carbocycles. The molecule has 1 aliphatic rings. The summed E-state index contributed by atoms with van der Waals surface area (Å²) < 4.78 is 13.8. The van der Waals surface area contributed by atoms with Gasteiger partial charge in [0.15, 0.2) is 0 Å². The van der Waals surface area contributed by atoms with Crippen LogP contribution >= 0.6 is 0 Å². The summed E-state index contributed by atoms with van der Waals surface area (Å²) in [6, 6.07) is 10.7. The molecule has 4 rings (SSSR count). The smallest absolute Gasteiger partial charge is 0.134 e. The van der Waals surface area contributed by atoms with Crippen molar-refractivity contribution in [1.82, 2.24) is 14.9 Å². The van der Waals surface area contributed by atoms with E-state index in [1.165, 1.54) is 0 Å². The summed E-state index contributed by atoms with van der Waals surface area (Å²) in [6.45, 7) is 1.52. The van der Waals surface area contributed by atoms with Crippen LogP contribution in [0.2, 0.25) is 0 Å². The average Bonchev–Trinajstić information content (AvgIpc) is 3.18. The molecule has 5 heteroatoms. The lowest BCUT2D eigenvalue weighted by atomic mass is 10.0. The molecule has 1 saturated heterocycles. The van der Waals surface area contributed by atoms with E-state index in [0.29, 0.717) is 6.04 Å². The monoisotopic (exact) mass is 311 g/mol. The summed E-state index contributed by atoms with van der Waals surface area (Å²) in [5.41, 5.74) is 2.09. The first-order valence-electron chi connectivity index (χ1n) is 8.08. The van der Waals surface area contributed by atoms with Gasteiger partial charge >= 0.3 is 0 Å². The fourth-order valence-corrected chi connectivity index (χ4v) is 3.23. The molecule has 0 saturated carbocycles. The van der Waals surface area contributed by atoms with Crippen molar-refractivity contribution in [1.29, 1.82) is 0 Å². The van der Waals surface area contributed by atoms with Crippen molar-refractivity contribution in [3.8, 4) is 0 Å². The third-order valence-electron chi connectivity index (χ3n) is 4.51. The molecule has 1 fully saturated rings. The lowest BCUT2D eigenvalue weighted by molar-refractivity contribution is -0.00428. The van der Waals surface area contributed by atoms with Gasteiger partial charge in [-0.15, -0.1) is 0 Å². The number of nitrogens with one attached hydrogen (secondary N) is 1. The van der Waals surface area contributed by atoms with Gasteiger partial charge in [0.05, 0.1) is 24.8 Å². The van der Waals surface area contributed by atoms with Crippen LogP contribution in [0.4, 0.5) is 0 Å². The molecule has 3 heterocycles. The number of aryl methyl sites for hydroxylation is 1. The van der Waals surface area contributed by atoms with E-state index in [0.717, 1.165) is 48.4 Å². The Morgan fingerprint density at radius 2 is 2.26 bits per heavy atom. The van der Waals surface area contributed by atoms with Crippen LogP contribution in [-0.2, 0) is 18.3 Å². The van der Waals surface area contributed by atoms with E-state index in [4.69, 9.17) is 9.15 Å². The number of nitrogens with zero attached hydrogens (tertiary/aromatic N) is 2. The van der Waals surface area contributed by atoms with Crippen LogP contribution in [-0.4, -0.2) is 22.2 Å². The van der Waals surface area contributed by atoms with Crippen molar-refractivity contribution < 1.29 is 9.15 Å². The number of hydrogen-bond acceptors (Lipinski definition) is 4. The molecule has 2 unspecified atom stereocenters. The standard InChI is InChI=1S/C18H21N3O2/c1-21-12-19-11-16(21)18-9-14(6-7-22-18)20-10-15-8-13-4-2-3-5-17(13)23-15/h2-5,8,11-12,14,18,20H,6-7,9-10H2,1H3. The van der Waals surface area contributed by atoms with Gasteiger partial charge < -0.3 is 19.0 Å². The Morgan fingerprint density at radius 3 is 3.09 bits per heavy atom. The Labute approximate surface area is 135 Å². The van der Waals surface area contributed by atoms with Gasteiger partial charge in [-0.1, -0.05) is 18.2 Å². The topological polar surface area (TPSA) is 52.2 Å². The quantitative estimate of drug-likeness (QED) is 0.804. The van der Waals surface area contributed by atoms with Crippen molar-refractivity contribution in [2.45, 2.75) is 31.5 Å². The zero-order valence-electron chi connectivity index (χ0n) is 13.2. The minimum absolute atomic E-state index is 0.115. The second kappa shape index (κ2) is 6.18. The molecule has 0 amide bonds. The Bertz CT molecular complexity index is 759. The summed E-state index contributed by atoms with van der Waals surface area (Å²) in [7, 11) is 2.01. The van der Waals surface area contributed by atoms with Gasteiger partial charge in [-0.2, -0.15) is 0 Å². The van der Waals surface area contributed by atoms with Crippen LogP contribution in [0, 0.1) is 0 Å². The van der Waals surface area contributed by atoms with Crippen LogP contribution in [0.1, 0.15) is 30.4 Å². The SMILES string of the molecule is Cn1cncc1C1CC(NCc2cc3ccccc3o2)CCO1. The Balaban J connectivity index is 1.39. The normalized spacial score (nSPS) is 21.8. The predicted molar refractivity (Wildman–Crippen MR) is 88.0 cm³/mol. The molecule has 1 N–H and O–H groups in total. The Kier molecular flexibility index (Phi) is 3.89. The molecule has 2 atom stereocenters. The highest BCUT2D eigenvalue weighted by molar-refractivity contribution is 5.77. The number of para-hydroxylation sites is 1. The number of ether oxygens (including phenoxy) is 1. The number of fused-ring (bicyclic) bond motifs is 1. The van der Waals surface area contributed by atoms with Gasteiger partial charge in [-0.25, -0.2) is 4.98 Å². The number of benzene rings is 1. The van der Waals surface area contributed by atoms with Crippen LogP contribution in [0.5, 0.6) is 0 Å². The first-order valence-corrected chi connectivity index (χ1v) is 8.08. The molecule has 5 nitrogen and oxygen atoms in total. The summed E-state index contributed by atoms with van der Waals surface area (Å²) in [6.07, 6.45) is 5.81. The number of aromatic nitrogens is 2. The number of hydrogen-bond donors (Lipinski definition) is 1. The summed E-state index contributed by atoms with van der Waals surface area (Å²) in [4.78, 5) is 4.19. The van der Waals surface area contributed by atoms with Crippen LogP contribution < -0.4 is 5.32 Å². The van der Waals surface area contributed by atoms with Gasteiger partial charge in [-0.05, 0) is 25.0 Å². The molecule has 0 spiro atoms. The fourth-order valence-electron chi connectivity index (χ4n) is 3.23. The van der Waals surface area contributed by atoms with Crippen molar-refractivity contribution in [2.75, 3.05) is 6.61 Å². The van der Waals surface area contributed by atoms with Gasteiger partial charge in [0.25, 0.3) is 0 Å². The highest BCUT2D eigenvalue weighted by atomic mass is 16.5. The Morgan fingerprint density at radius 1 is 1.35 bits per heavy atom. The van der Waals surface area contributed by atoms with Crippen molar-refractivity contribution >= 4 is 11.0 Å². The van der Waals surface area contributed by atoms with E-state index in [2.05, 4.69) is 22.4 Å². The zero-order valence-corrected chi connectivity index (χ0v) is 13.2. The number of furan rings is 1. The molecule has 0 bridgehead atoms. The van der Waals surface area contributed by atoms with Gasteiger partial charge in [0.1, 0.15) is 17.4 Å². The molecule has 0 radical (unpaired) electrons. The molecule has 3 aromatic rings. The molecule has 120 valence electrons. The second-order valence-corrected chi connectivity index (χ2v) is 6.14. The van der Waals surface area contributed by atoms with Crippen LogP contribution in [0.3, 0.4) is 0 Å². The van der Waals surface area contributed by atoms with Gasteiger partial charge in [-0.3, -0.25) is 0 Å². The largest absolute Gasteiger partial charge is 0.460 e. The van der Waals surface area contributed by atoms with E-state index >= 15 is 0 Å². The Hall–Kier alpha value is -2.11. The number of rotatable bonds is 4. The maximum Gasteiger partial charge on any atom is 0.134 e. The molecular weight excluding hydrogens is 290 g/mol. The molecule has 2 aromatic heterocycles. The van der Waals surface area contributed by atoms with Gasteiger partial charge in [0, 0.05) is 25.1 Å². The summed E-state index contributed by atoms with van der Waals surface area (Å²) in [5.74, 6) is 0.981. The van der Waals surface area contributed by atoms with Crippen molar-refractivity contribution in [2.24, 2.45) is 7.05 Å². The summed E-state index contributed by atoms with van der Waals surface area (Å²) in [5, 5.41) is 4.76. The predicted octanol–water partition coefficient (Wildman–Crippen LogP) is 3.18. The van der Waals surface area contributed by atoms with Crippen molar-refractivity contribution in [3.05, 3.63) is 54.3 Å². The highest BCUT2D eigenvalue weighted by Crippen LogP contribution is 2.28. The first-order chi connectivity index (χ1) is 11.3. The van der Waals surface area contributed by atoms with Crippen LogP contribution in [0.15, 0.2) is 47.3 Å². The van der Waals surface area contributed by atoms with Crippen LogP contribution in [0.25, 0.3) is 11.0 Å². The minimum atomic E-state index is 0.115. The lowest BCUT2D eigenvalue weighted by Gasteiger charge is -2.30. The van der Waals surface area contributed by atoms with E-state index < -0.39 is 0 Å². The first kappa shape index (κ1) is 14.5. The van der Waals surface area contributed by atoms with E-state index in [1.54, 1.807) is 0 Å². The lowest BCUT2D eigenvalue weighted by Crippen LogP contribution is -2.36. The maximum absolute atomic E-state index is 5.91.